The van der Waals surface area contributed by atoms with Crippen molar-refractivity contribution < 1.29 is 26.4 Å². The Morgan fingerprint density at radius 2 is 2.12 bits per heavy atom. The number of rotatable bonds is 6. The van der Waals surface area contributed by atoms with Crippen molar-refractivity contribution in [3.05, 3.63) is 71.6 Å². The van der Waals surface area contributed by atoms with Gasteiger partial charge >= 0.3 is 0 Å². The molecule has 0 fully saturated rings. The Morgan fingerprint density at radius 1 is 1.32 bits per heavy atom. The third-order valence-electron chi connectivity index (χ3n) is 5.13. The van der Waals surface area contributed by atoms with Gasteiger partial charge in [-0.2, -0.15) is 0 Å². The van der Waals surface area contributed by atoms with Gasteiger partial charge in [-0.1, -0.05) is 6.07 Å². The summed E-state index contributed by atoms with van der Waals surface area (Å²) in [6, 6.07) is 3.79. The molecule has 0 amide bonds. The van der Waals surface area contributed by atoms with Crippen molar-refractivity contribution in [1.29, 1.82) is 0 Å². The van der Waals surface area contributed by atoms with Crippen LogP contribution < -0.4 is 10.5 Å². The fourth-order valence-electron chi connectivity index (χ4n) is 3.33. The smallest absolute Gasteiger partial charge is 0.239 e. The number of benzene rings is 1. The van der Waals surface area contributed by atoms with Crippen LogP contribution in [0.3, 0.4) is 0 Å². The van der Waals surface area contributed by atoms with Gasteiger partial charge in [-0.15, -0.1) is 0 Å². The number of aromatic nitrogens is 3. The van der Waals surface area contributed by atoms with Gasteiger partial charge in [0.15, 0.2) is 12.4 Å². The van der Waals surface area contributed by atoms with Gasteiger partial charge in [-0.05, 0) is 30.7 Å². The SMILES string of the molecule is CN1C(N)=N[C@](C)(c2cc(/C=C(\F)c3cnc(OCc4ncco4)cn3)ccc2F)CS1(=O)=O. The summed E-state index contributed by atoms with van der Waals surface area (Å²) in [6.07, 6.45) is 6.42. The number of guanidine groups is 1. The molecule has 1 aromatic carbocycles. The molecule has 1 atom stereocenters. The molecule has 0 saturated carbocycles. The first-order valence-electron chi connectivity index (χ1n) is 9.90. The van der Waals surface area contributed by atoms with Crippen LogP contribution in [-0.4, -0.2) is 46.4 Å². The molecule has 13 heteroatoms. The van der Waals surface area contributed by atoms with Gasteiger partial charge in [0.25, 0.3) is 0 Å². The third-order valence-corrected chi connectivity index (χ3v) is 7.08. The van der Waals surface area contributed by atoms with E-state index in [1.54, 1.807) is 0 Å². The highest BCUT2D eigenvalue weighted by molar-refractivity contribution is 7.89. The Balaban J connectivity index is 1.57. The summed E-state index contributed by atoms with van der Waals surface area (Å²) in [5.41, 5.74) is 4.41. The summed E-state index contributed by atoms with van der Waals surface area (Å²) < 4.78 is 65.6. The molecule has 0 radical (unpaired) electrons. The molecule has 0 unspecified atom stereocenters. The maximum atomic E-state index is 14.8. The van der Waals surface area contributed by atoms with E-state index in [4.69, 9.17) is 14.9 Å². The maximum absolute atomic E-state index is 14.8. The lowest BCUT2D eigenvalue weighted by atomic mass is 9.92. The van der Waals surface area contributed by atoms with Crippen LogP contribution in [0.4, 0.5) is 8.78 Å². The van der Waals surface area contributed by atoms with E-state index in [0.29, 0.717) is 5.89 Å². The minimum absolute atomic E-state index is 0.0324. The first kappa shape index (κ1) is 23.3. The maximum Gasteiger partial charge on any atom is 0.239 e. The van der Waals surface area contributed by atoms with Crippen molar-refractivity contribution in [3.63, 3.8) is 0 Å². The Morgan fingerprint density at radius 3 is 2.76 bits per heavy atom. The molecule has 2 aromatic heterocycles. The van der Waals surface area contributed by atoms with Gasteiger partial charge in [-0.3, -0.25) is 0 Å². The first-order chi connectivity index (χ1) is 16.1. The van der Waals surface area contributed by atoms with Crippen LogP contribution in [0.1, 0.15) is 29.6 Å². The molecule has 0 spiro atoms. The van der Waals surface area contributed by atoms with E-state index in [-0.39, 0.29) is 35.3 Å². The zero-order chi connectivity index (χ0) is 24.5. The van der Waals surface area contributed by atoms with Crippen molar-refractivity contribution >= 4 is 27.9 Å². The predicted octanol–water partition coefficient (Wildman–Crippen LogP) is 2.46. The molecule has 10 nitrogen and oxygen atoms in total. The van der Waals surface area contributed by atoms with E-state index in [0.717, 1.165) is 16.4 Å². The van der Waals surface area contributed by atoms with Crippen molar-refractivity contribution in [2.45, 2.75) is 19.1 Å². The molecular formula is C21H20F2N6O4S. The second-order valence-corrected chi connectivity index (χ2v) is 9.65. The Bertz CT molecular complexity index is 1360. The largest absolute Gasteiger partial charge is 0.467 e. The number of aliphatic imine (C=N–C) groups is 1. The topological polar surface area (TPSA) is 137 Å². The zero-order valence-corrected chi connectivity index (χ0v) is 19.0. The van der Waals surface area contributed by atoms with E-state index < -0.39 is 33.0 Å². The predicted molar refractivity (Wildman–Crippen MR) is 119 cm³/mol. The molecule has 3 aromatic rings. The van der Waals surface area contributed by atoms with Crippen LogP contribution in [0.25, 0.3) is 11.9 Å². The number of sulfonamides is 1. The zero-order valence-electron chi connectivity index (χ0n) is 18.1. The molecule has 1 aliphatic rings. The molecule has 34 heavy (non-hydrogen) atoms. The lowest BCUT2D eigenvalue weighted by Crippen LogP contribution is -2.50. The van der Waals surface area contributed by atoms with Gasteiger partial charge in [-0.25, -0.2) is 41.4 Å². The highest BCUT2D eigenvalue weighted by Gasteiger charge is 2.41. The quantitative estimate of drug-likeness (QED) is 0.556. The summed E-state index contributed by atoms with van der Waals surface area (Å²) in [4.78, 5) is 16.1. The van der Waals surface area contributed by atoms with Gasteiger partial charge in [0.2, 0.25) is 27.8 Å². The summed E-state index contributed by atoms with van der Waals surface area (Å²) in [6.45, 7) is 1.49. The summed E-state index contributed by atoms with van der Waals surface area (Å²) in [7, 11) is -2.54. The van der Waals surface area contributed by atoms with Crippen LogP contribution in [-0.2, 0) is 22.2 Å². The lowest BCUT2D eigenvalue weighted by molar-refractivity contribution is 0.252. The van der Waals surface area contributed by atoms with Crippen LogP contribution in [0, 0.1) is 5.82 Å². The average molecular weight is 490 g/mol. The van der Waals surface area contributed by atoms with Crippen LogP contribution in [0.2, 0.25) is 0 Å². The summed E-state index contributed by atoms with van der Waals surface area (Å²) in [5, 5.41) is 0. The van der Waals surface area contributed by atoms with Crippen molar-refractivity contribution in [3.8, 4) is 5.88 Å². The standard InChI is InChI=1S/C21H20F2N6O4S/c1-21(12-34(30,31)29(2)20(24)28-21)14-7-13(3-4-15(14)22)8-16(23)17-9-27-18(10-26-17)33-11-19-25-5-6-32-19/h3-10H,11-12H2,1-2H3,(H2,24,28)/b16-8-/t21-/m0/s1. The van der Waals surface area contributed by atoms with Gasteiger partial charge in [0.1, 0.15) is 23.3 Å². The van der Waals surface area contributed by atoms with Gasteiger partial charge in [0, 0.05) is 12.6 Å². The normalized spacial score (nSPS) is 20.2. The molecule has 0 bridgehead atoms. The second kappa shape index (κ2) is 8.82. The number of nitrogens with two attached hydrogens (primary N) is 1. The number of nitrogens with zero attached hydrogens (tertiary/aromatic N) is 5. The fourth-order valence-corrected chi connectivity index (χ4v) is 4.78. The first-order valence-corrected chi connectivity index (χ1v) is 11.5. The van der Waals surface area contributed by atoms with Gasteiger partial charge in [0.05, 0.1) is 24.3 Å². The number of halogens is 2. The summed E-state index contributed by atoms with van der Waals surface area (Å²) in [5.74, 6) is -1.70. The molecule has 4 rings (SSSR count). The summed E-state index contributed by atoms with van der Waals surface area (Å²) >= 11 is 0. The minimum atomic E-state index is -3.80. The van der Waals surface area contributed by atoms with Crippen LogP contribution in [0.15, 0.2) is 52.5 Å². The monoisotopic (exact) mass is 490 g/mol. The molecular weight excluding hydrogens is 470 g/mol. The van der Waals surface area contributed by atoms with Crippen molar-refractivity contribution in [2.75, 3.05) is 12.8 Å². The molecule has 178 valence electrons. The van der Waals surface area contributed by atoms with E-state index in [2.05, 4.69) is 19.9 Å². The number of hydrogen-bond donors (Lipinski definition) is 1. The van der Waals surface area contributed by atoms with Crippen molar-refractivity contribution in [1.82, 2.24) is 19.3 Å². The molecule has 0 aliphatic carbocycles. The molecule has 0 saturated heterocycles. The Hall–Kier alpha value is -3.87. The highest BCUT2D eigenvalue weighted by atomic mass is 32.2. The average Bonchev–Trinajstić information content (AvgIpc) is 3.31. The number of ether oxygens (including phenoxy) is 1. The van der Waals surface area contributed by atoms with Crippen LogP contribution >= 0.6 is 0 Å². The molecule has 1 aliphatic heterocycles. The Kier molecular flexibility index (Phi) is 6.04. The van der Waals surface area contributed by atoms with Gasteiger partial charge < -0.3 is 14.9 Å². The van der Waals surface area contributed by atoms with Crippen LogP contribution in [0.5, 0.6) is 5.88 Å². The van der Waals surface area contributed by atoms with E-state index in [1.165, 1.54) is 51.0 Å². The molecule has 3 heterocycles. The third kappa shape index (κ3) is 4.73. The van der Waals surface area contributed by atoms with E-state index >= 15 is 0 Å². The lowest BCUT2D eigenvalue weighted by Gasteiger charge is -2.34. The number of oxazole rings is 1. The number of hydrogen-bond acceptors (Lipinski definition) is 9. The van der Waals surface area contributed by atoms with E-state index in [9.17, 15) is 17.2 Å². The molecule has 2 N–H and O–H groups in total. The Labute approximate surface area is 193 Å². The fraction of sp³-hybridized carbons (Fsp3) is 0.238. The van der Waals surface area contributed by atoms with E-state index in [1.807, 2.05) is 0 Å². The highest BCUT2D eigenvalue weighted by Crippen LogP contribution is 2.34. The van der Waals surface area contributed by atoms with Crippen molar-refractivity contribution in [2.24, 2.45) is 10.7 Å². The minimum Gasteiger partial charge on any atom is -0.467 e. The second-order valence-electron chi connectivity index (χ2n) is 7.65.